The van der Waals surface area contributed by atoms with Crippen LogP contribution in [0, 0.1) is 12.7 Å². The van der Waals surface area contributed by atoms with Gasteiger partial charge in [0.05, 0.1) is 5.69 Å². The third kappa shape index (κ3) is 3.59. The highest BCUT2D eigenvalue weighted by Gasteiger charge is 2.19. The van der Waals surface area contributed by atoms with Gasteiger partial charge in [-0.3, -0.25) is 9.20 Å². The summed E-state index contributed by atoms with van der Waals surface area (Å²) in [4.78, 5) is 23.9. The number of halogens is 1. The second-order valence-corrected chi connectivity index (χ2v) is 8.48. The number of hydrogen-bond donors (Lipinski definition) is 1. The number of carbonyl (C=O) groups excluding carboxylic acids is 1. The lowest BCUT2D eigenvalue weighted by Gasteiger charge is -2.06. The van der Waals surface area contributed by atoms with Crippen LogP contribution in [-0.2, 0) is 13.0 Å². The zero-order valence-electron chi connectivity index (χ0n) is 17.0. The number of benzene rings is 2. The molecule has 0 radical (unpaired) electrons. The molecule has 0 saturated heterocycles. The van der Waals surface area contributed by atoms with Gasteiger partial charge in [-0.05, 0) is 55.3 Å². The molecule has 5 aromatic rings. The standard InChI is InChI=1S/C23H19FN4O2S/c1-3-17-20(28-12-13(2)31-23(28)27-17)21(29)25-11-14-4-9-18-19(10-14)30-22(26-18)15-5-7-16(24)8-6-15/h4-10,12H,3,11H2,1-2H3,(H,25,29). The summed E-state index contributed by atoms with van der Waals surface area (Å²) < 4.78 is 20.9. The van der Waals surface area contributed by atoms with Gasteiger partial charge in [-0.1, -0.05) is 13.0 Å². The fourth-order valence-corrected chi connectivity index (χ4v) is 4.39. The lowest BCUT2D eigenvalue weighted by molar-refractivity contribution is 0.0944. The summed E-state index contributed by atoms with van der Waals surface area (Å²) in [5, 5.41) is 2.99. The molecule has 0 aliphatic heterocycles. The Morgan fingerprint density at radius 3 is 2.77 bits per heavy atom. The van der Waals surface area contributed by atoms with Crippen LogP contribution in [0.2, 0.25) is 0 Å². The number of nitrogens with zero attached hydrogens (tertiary/aromatic N) is 3. The van der Waals surface area contributed by atoms with Crippen molar-refractivity contribution in [2.24, 2.45) is 0 Å². The lowest BCUT2D eigenvalue weighted by atomic mass is 10.2. The van der Waals surface area contributed by atoms with E-state index >= 15 is 0 Å². The minimum atomic E-state index is -0.308. The molecule has 0 spiro atoms. The van der Waals surface area contributed by atoms with Gasteiger partial charge in [-0.15, -0.1) is 11.3 Å². The van der Waals surface area contributed by atoms with E-state index in [0.29, 0.717) is 41.2 Å². The molecule has 156 valence electrons. The maximum atomic E-state index is 13.2. The third-order valence-electron chi connectivity index (χ3n) is 5.06. The predicted molar refractivity (Wildman–Crippen MR) is 118 cm³/mol. The molecule has 3 aromatic heterocycles. The molecule has 0 bridgehead atoms. The van der Waals surface area contributed by atoms with Gasteiger partial charge in [0.2, 0.25) is 5.89 Å². The van der Waals surface area contributed by atoms with Crippen molar-refractivity contribution in [2.75, 3.05) is 0 Å². The number of nitrogens with one attached hydrogen (secondary N) is 1. The number of amides is 1. The lowest BCUT2D eigenvalue weighted by Crippen LogP contribution is -2.25. The maximum absolute atomic E-state index is 13.2. The van der Waals surface area contributed by atoms with Crippen molar-refractivity contribution in [2.45, 2.75) is 26.8 Å². The van der Waals surface area contributed by atoms with Crippen LogP contribution < -0.4 is 5.32 Å². The Labute approximate surface area is 181 Å². The SMILES string of the molecule is CCc1nc2sc(C)cn2c1C(=O)NCc1ccc2nc(-c3ccc(F)cc3)oc2c1. The van der Waals surface area contributed by atoms with Crippen LogP contribution in [0.1, 0.15) is 33.5 Å². The second-order valence-electron chi connectivity index (χ2n) is 7.27. The highest BCUT2D eigenvalue weighted by molar-refractivity contribution is 7.17. The van der Waals surface area contributed by atoms with Crippen molar-refractivity contribution in [3.05, 3.63) is 76.3 Å². The van der Waals surface area contributed by atoms with E-state index in [1.54, 1.807) is 23.5 Å². The van der Waals surface area contributed by atoms with E-state index in [1.165, 1.54) is 12.1 Å². The summed E-state index contributed by atoms with van der Waals surface area (Å²) in [6, 6.07) is 11.6. The summed E-state index contributed by atoms with van der Waals surface area (Å²) >= 11 is 1.57. The zero-order valence-corrected chi connectivity index (χ0v) is 17.8. The Balaban J connectivity index is 1.37. The summed E-state index contributed by atoms with van der Waals surface area (Å²) in [6.45, 7) is 4.34. The number of aryl methyl sites for hydroxylation is 2. The molecule has 0 atom stereocenters. The first-order valence-electron chi connectivity index (χ1n) is 9.93. The molecular formula is C23H19FN4O2S. The maximum Gasteiger partial charge on any atom is 0.270 e. The second kappa shape index (κ2) is 7.63. The number of aromatic nitrogens is 3. The molecule has 1 N–H and O–H groups in total. The van der Waals surface area contributed by atoms with Crippen molar-refractivity contribution >= 4 is 33.3 Å². The average molecular weight is 434 g/mol. The van der Waals surface area contributed by atoms with Crippen molar-refractivity contribution in [3.63, 3.8) is 0 Å². The van der Waals surface area contributed by atoms with Crippen LogP contribution in [-0.4, -0.2) is 20.3 Å². The first-order valence-corrected chi connectivity index (χ1v) is 10.7. The van der Waals surface area contributed by atoms with Crippen LogP contribution in [0.5, 0.6) is 0 Å². The third-order valence-corrected chi connectivity index (χ3v) is 5.96. The van der Waals surface area contributed by atoms with Gasteiger partial charge < -0.3 is 9.73 Å². The number of imidazole rings is 1. The molecule has 0 aliphatic rings. The molecule has 0 fully saturated rings. The minimum Gasteiger partial charge on any atom is -0.436 e. The summed E-state index contributed by atoms with van der Waals surface area (Å²) in [6.07, 6.45) is 2.63. The van der Waals surface area contributed by atoms with Crippen LogP contribution in [0.4, 0.5) is 4.39 Å². The molecule has 8 heteroatoms. The van der Waals surface area contributed by atoms with Gasteiger partial charge in [0.25, 0.3) is 5.91 Å². The Morgan fingerprint density at radius 1 is 1.19 bits per heavy atom. The molecule has 0 aliphatic carbocycles. The number of oxazole rings is 1. The van der Waals surface area contributed by atoms with Gasteiger partial charge in [0, 0.05) is 23.2 Å². The van der Waals surface area contributed by atoms with Gasteiger partial charge in [-0.25, -0.2) is 14.4 Å². The first kappa shape index (κ1) is 19.4. The number of carbonyl (C=O) groups is 1. The first-order chi connectivity index (χ1) is 15.0. The summed E-state index contributed by atoms with van der Waals surface area (Å²) in [7, 11) is 0. The molecule has 0 saturated carbocycles. The number of fused-ring (bicyclic) bond motifs is 2. The van der Waals surface area contributed by atoms with Crippen molar-refractivity contribution in [1.82, 2.24) is 19.7 Å². The Hall–Kier alpha value is -3.52. The number of hydrogen-bond acceptors (Lipinski definition) is 5. The topological polar surface area (TPSA) is 72.4 Å². The van der Waals surface area contributed by atoms with Gasteiger partial charge >= 0.3 is 0 Å². The number of rotatable bonds is 5. The van der Waals surface area contributed by atoms with Crippen molar-refractivity contribution in [3.8, 4) is 11.5 Å². The van der Waals surface area contributed by atoms with Crippen LogP contribution >= 0.6 is 11.3 Å². The Kier molecular flexibility index (Phi) is 4.78. The number of thiazole rings is 1. The fourth-order valence-electron chi connectivity index (χ4n) is 3.55. The molecular weight excluding hydrogens is 415 g/mol. The Morgan fingerprint density at radius 2 is 2.00 bits per heavy atom. The molecule has 1 amide bonds. The highest BCUT2D eigenvalue weighted by Crippen LogP contribution is 2.25. The molecule has 0 unspecified atom stereocenters. The quantitative estimate of drug-likeness (QED) is 0.416. The molecule has 5 rings (SSSR count). The average Bonchev–Trinajstić information content (AvgIpc) is 3.43. The highest BCUT2D eigenvalue weighted by atomic mass is 32.1. The normalized spacial score (nSPS) is 11.5. The zero-order chi connectivity index (χ0) is 21.5. The monoisotopic (exact) mass is 434 g/mol. The van der Waals surface area contributed by atoms with Crippen molar-refractivity contribution in [1.29, 1.82) is 0 Å². The van der Waals surface area contributed by atoms with E-state index in [4.69, 9.17) is 4.42 Å². The molecule has 31 heavy (non-hydrogen) atoms. The van der Waals surface area contributed by atoms with E-state index in [1.807, 2.05) is 42.6 Å². The van der Waals surface area contributed by atoms with Crippen LogP contribution in [0.15, 0.2) is 53.1 Å². The van der Waals surface area contributed by atoms with E-state index < -0.39 is 0 Å². The van der Waals surface area contributed by atoms with E-state index in [-0.39, 0.29) is 11.7 Å². The smallest absolute Gasteiger partial charge is 0.270 e. The molecule has 3 heterocycles. The minimum absolute atomic E-state index is 0.160. The van der Waals surface area contributed by atoms with Crippen LogP contribution in [0.25, 0.3) is 27.5 Å². The van der Waals surface area contributed by atoms with E-state index in [9.17, 15) is 9.18 Å². The van der Waals surface area contributed by atoms with Crippen LogP contribution in [0.3, 0.4) is 0 Å². The van der Waals surface area contributed by atoms with Crippen molar-refractivity contribution < 1.29 is 13.6 Å². The predicted octanol–water partition coefficient (Wildman–Crippen LogP) is 5.14. The summed E-state index contributed by atoms with van der Waals surface area (Å²) in [5.41, 5.74) is 4.28. The van der Waals surface area contributed by atoms with Gasteiger partial charge in [0.1, 0.15) is 17.0 Å². The largest absolute Gasteiger partial charge is 0.436 e. The Bertz CT molecular complexity index is 1420. The fraction of sp³-hybridized carbons (Fsp3) is 0.174. The summed E-state index contributed by atoms with van der Waals surface area (Å²) in [5.74, 6) is -0.0396. The van der Waals surface area contributed by atoms with Gasteiger partial charge in [0.15, 0.2) is 10.5 Å². The van der Waals surface area contributed by atoms with Gasteiger partial charge in [-0.2, -0.15) is 0 Å². The molecule has 2 aromatic carbocycles. The van der Waals surface area contributed by atoms with E-state index in [0.717, 1.165) is 21.1 Å². The van der Waals surface area contributed by atoms with E-state index in [2.05, 4.69) is 15.3 Å². The molecule has 6 nitrogen and oxygen atoms in total.